The first-order valence-corrected chi connectivity index (χ1v) is 10.9. The number of hydrogen-bond acceptors (Lipinski definition) is 7. The lowest BCUT2D eigenvalue weighted by atomic mass is 10.1. The first-order valence-electron chi connectivity index (χ1n) is 10.9. The summed E-state index contributed by atoms with van der Waals surface area (Å²) in [5.74, 6) is -1.23. The lowest BCUT2D eigenvalue weighted by Crippen LogP contribution is -2.46. The number of carbonyl (C=O) groups is 1. The molecule has 7 heteroatoms. The summed E-state index contributed by atoms with van der Waals surface area (Å²) in [4.78, 5) is 11.8. The van der Waals surface area contributed by atoms with Crippen molar-refractivity contribution in [2.45, 2.75) is 70.5 Å². The molecular weight excluding hydrogens is 412 g/mol. The van der Waals surface area contributed by atoms with Crippen LogP contribution in [0.2, 0.25) is 0 Å². The fourth-order valence-electron chi connectivity index (χ4n) is 4.01. The molecule has 5 atom stereocenters. The summed E-state index contributed by atoms with van der Waals surface area (Å²) < 4.78 is 35.8. The Bertz CT molecular complexity index is 870. The molecule has 0 N–H and O–H groups in total. The molecule has 0 saturated carbocycles. The molecule has 2 saturated heterocycles. The maximum absolute atomic E-state index is 11.8. The highest BCUT2D eigenvalue weighted by Crippen LogP contribution is 2.40. The summed E-state index contributed by atoms with van der Waals surface area (Å²) in [5.41, 5.74) is 2.08. The molecule has 172 valence electrons. The van der Waals surface area contributed by atoms with Crippen molar-refractivity contribution in [2.24, 2.45) is 0 Å². The molecule has 2 aromatic carbocycles. The highest BCUT2D eigenvalue weighted by molar-refractivity contribution is 5.66. The molecule has 7 nitrogen and oxygen atoms in total. The largest absolute Gasteiger partial charge is 0.457 e. The molecule has 0 radical (unpaired) electrons. The minimum atomic E-state index is -0.817. The van der Waals surface area contributed by atoms with Crippen LogP contribution in [0.3, 0.4) is 0 Å². The van der Waals surface area contributed by atoms with Gasteiger partial charge in [0.2, 0.25) is 0 Å². The van der Waals surface area contributed by atoms with E-state index >= 15 is 0 Å². The zero-order valence-corrected chi connectivity index (χ0v) is 18.6. The summed E-state index contributed by atoms with van der Waals surface area (Å²) in [6.45, 7) is 6.05. The second-order valence-electron chi connectivity index (χ2n) is 8.48. The average molecular weight is 443 g/mol. The molecule has 0 aliphatic carbocycles. The van der Waals surface area contributed by atoms with Crippen LogP contribution in [0.4, 0.5) is 0 Å². The van der Waals surface area contributed by atoms with E-state index in [1.54, 1.807) is 13.8 Å². The summed E-state index contributed by atoms with van der Waals surface area (Å²) in [5, 5.41) is 0. The van der Waals surface area contributed by atoms with Crippen LogP contribution < -0.4 is 0 Å². The van der Waals surface area contributed by atoms with E-state index in [-0.39, 0.29) is 6.61 Å². The van der Waals surface area contributed by atoms with E-state index < -0.39 is 42.5 Å². The molecule has 2 aliphatic rings. The van der Waals surface area contributed by atoms with Crippen molar-refractivity contribution < 1.29 is 33.2 Å². The van der Waals surface area contributed by atoms with Crippen molar-refractivity contribution in [3.05, 3.63) is 71.8 Å². The van der Waals surface area contributed by atoms with Crippen molar-refractivity contribution in [3.8, 4) is 0 Å². The van der Waals surface area contributed by atoms with Crippen molar-refractivity contribution in [3.63, 3.8) is 0 Å². The van der Waals surface area contributed by atoms with Gasteiger partial charge < -0.3 is 28.4 Å². The fourth-order valence-corrected chi connectivity index (χ4v) is 4.01. The molecule has 0 aromatic heterocycles. The van der Waals surface area contributed by atoms with Crippen molar-refractivity contribution in [1.29, 1.82) is 0 Å². The highest BCUT2D eigenvalue weighted by Gasteiger charge is 2.58. The minimum Gasteiger partial charge on any atom is -0.457 e. The van der Waals surface area contributed by atoms with Gasteiger partial charge in [-0.1, -0.05) is 60.7 Å². The second kappa shape index (κ2) is 10.1. The number of hydrogen-bond donors (Lipinski definition) is 0. The van der Waals surface area contributed by atoms with Crippen molar-refractivity contribution in [2.75, 3.05) is 6.61 Å². The Kier molecular flexibility index (Phi) is 7.23. The molecule has 0 spiro atoms. The number of rotatable bonds is 9. The summed E-state index contributed by atoms with van der Waals surface area (Å²) in [6, 6.07) is 19.8. The van der Waals surface area contributed by atoms with Crippen LogP contribution in [0.1, 0.15) is 31.9 Å². The number of carbonyl (C=O) groups excluding carboxylic acids is 1. The number of benzene rings is 2. The molecule has 2 fully saturated rings. The Morgan fingerprint density at radius 3 is 2.22 bits per heavy atom. The maximum Gasteiger partial charge on any atom is 0.303 e. The van der Waals surface area contributed by atoms with Crippen LogP contribution in [-0.2, 0) is 46.4 Å². The van der Waals surface area contributed by atoms with Gasteiger partial charge in [0.15, 0.2) is 24.3 Å². The van der Waals surface area contributed by atoms with Crippen LogP contribution in [0, 0.1) is 0 Å². The van der Waals surface area contributed by atoms with Gasteiger partial charge in [0.05, 0.1) is 19.8 Å². The quantitative estimate of drug-likeness (QED) is 0.550. The van der Waals surface area contributed by atoms with E-state index in [0.717, 1.165) is 11.1 Å². The number of fused-ring (bicyclic) bond motifs is 1. The minimum absolute atomic E-state index is 0.257. The van der Waals surface area contributed by atoms with Crippen LogP contribution in [0.25, 0.3) is 0 Å². The SMILES string of the molecule is CC(=O)OC1C(C(COCc2ccccc2)OCc2ccccc2)OC2OC(C)(C)OC21. The first-order chi connectivity index (χ1) is 15.4. The van der Waals surface area contributed by atoms with Gasteiger partial charge in [0, 0.05) is 6.92 Å². The standard InChI is InChI=1S/C25H30O7/c1-17(26)29-22-21(30-24-23(22)31-25(2,3)32-24)20(28-15-19-12-8-5-9-13-19)16-27-14-18-10-6-4-7-11-18/h4-13,20-24H,14-16H2,1-3H3. The van der Waals surface area contributed by atoms with Crippen LogP contribution in [0.5, 0.6) is 0 Å². The topological polar surface area (TPSA) is 72.5 Å². The van der Waals surface area contributed by atoms with Gasteiger partial charge in [0.25, 0.3) is 0 Å². The van der Waals surface area contributed by atoms with Gasteiger partial charge in [-0.3, -0.25) is 4.79 Å². The van der Waals surface area contributed by atoms with Gasteiger partial charge in [0.1, 0.15) is 12.2 Å². The predicted molar refractivity (Wildman–Crippen MR) is 115 cm³/mol. The van der Waals surface area contributed by atoms with Gasteiger partial charge in [-0.05, 0) is 25.0 Å². The molecular formula is C25H30O7. The molecule has 32 heavy (non-hydrogen) atoms. The van der Waals surface area contributed by atoms with Crippen LogP contribution >= 0.6 is 0 Å². The number of esters is 1. The van der Waals surface area contributed by atoms with E-state index in [4.69, 9.17) is 28.4 Å². The Morgan fingerprint density at radius 1 is 0.969 bits per heavy atom. The maximum atomic E-state index is 11.8. The summed E-state index contributed by atoms with van der Waals surface area (Å²) >= 11 is 0. The van der Waals surface area contributed by atoms with Gasteiger partial charge in [-0.2, -0.15) is 0 Å². The molecule has 0 bridgehead atoms. The lowest BCUT2D eigenvalue weighted by Gasteiger charge is -2.30. The van der Waals surface area contributed by atoms with E-state index in [2.05, 4.69) is 0 Å². The molecule has 0 amide bonds. The predicted octanol–water partition coefficient (Wildman–Crippen LogP) is 3.60. The monoisotopic (exact) mass is 442 g/mol. The fraction of sp³-hybridized carbons (Fsp3) is 0.480. The second-order valence-corrected chi connectivity index (χ2v) is 8.48. The Balaban J connectivity index is 1.48. The van der Waals surface area contributed by atoms with Crippen LogP contribution in [0.15, 0.2) is 60.7 Å². The average Bonchev–Trinajstić information content (AvgIpc) is 3.24. The Hall–Kier alpha value is -2.29. The van der Waals surface area contributed by atoms with E-state index in [1.807, 2.05) is 60.7 Å². The lowest BCUT2D eigenvalue weighted by molar-refractivity contribution is -0.236. The third-order valence-electron chi connectivity index (χ3n) is 5.40. The van der Waals surface area contributed by atoms with Gasteiger partial charge in [-0.25, -0.2) is 0 Å². The van der Waals surface area contributed by atoms with Gasteiger partial charge >= 0.3 is 5.97 Å². The Morgan fingerprint density at radius 2 is 1.59 bits per heavy atom. The Labute approximate surface area is 188 Å². The third kappa shape index (κ3) is 5.74. The molecule has 5 unspecified atom stereocenters. The van der Waals surface area contributed by atoms with Gasteiger partial charge in [-0.15, -0.1) is 0 Å². The third-order valence-corrected chi connectivity index (χ3v) is 5.40. The van der Waals surface area contributed by atoms with Crippen molar-refractivity contribution in [1.82, 2.24) is 0 Å². The highest BCUT2D eigenvalue weighted by atomic mass is 16.8. The van der Waals surface area contributed by atoms with Crippen molar-refractivity contribution >= 4 is 5.97 Å². The van der Waals surface area contributed by atoms with Crippen LogP contribution in [-0.4, -0.2) is 49.1 Å². The summed E-state index contributed by atoms with van der Waals surface area (Å²) in [7, 11) is 0. The summed E-state index contributed by atoms with van der Waals surface area (Å²) in [6.07, 6.45) is -2.93. The molecule has 2 aromatic rings. The van der Waals surface area contributed by atoms with E-state index in [0.29, 0.717) is 13.2 Å². The molecule has 2 heterocycles. The zero-order chi connectivity index (χ0) is 22.6. The normalized spacial score (nSPS) is 27.1. The smallest absolute Gasteiger partial charge is 0.303 e. The van der Waals surface area contributed by atoms with E-state index in [1.165, 1.54) is 6.92 Å². The first kappa shape index (κ1) is 22.9. The number of ether oxygens (including phenoxy) is 6. The zero-order valence-electron chi connectivity index (χ0n) is 18.6. The van der Waals surface area contributed by atoms with E-state index in [9.17, 15) is 4.79 Å². The molecule has 4 rings (SSSR count). The molecule has 2 aliphatic heterocycles.